The van der Waals surface area contributed by atoms with Crippen LogP contribution >= 0.6 is 23.1 Å². The first kappa shape index (κ1) is 11.0. The Morgan fingerprint density at radius 1 is 1.53 bits per heavy atom. The predicted molar refractivity (Wildman–Crippen MR) is 64.5 cm³/mol. The van der Waals surface area contributed by atoms with Crippen molar-refractivity contribution in [3.63, 3.8) is 0 Å². The third-order valence-electron chi connectivity index (χ3n) is 2.30. The summed E-state index contributed by atoms with van der Waals surface area (Å²) < 4.78 is 1.22. The van der Waals surface area contributed by atoms with E-state index in [1.807, 2.05) is 16.3 Å². The molecule has 0 unspecified atom stereocenters. The van der Waals surface area contributed by atoms with Crippen LogP contribution in [0.2, 0.25) is 0 Å². The van der Waals surface area contributed by atoms with Crippen molar-refractivity contribution in [2.45, 2.75) is 4.21 Å². The monoisotopic (exact) mass is 242 g/mol. The minimum atomic E-state index is 0.259. The van der Waals surface area contributed by atoms with Gasteiger partial charge in [0.1, 0.15) is 0 Å². The van der Waals surface area contributed by atoms with Gasteiger partial charge in [0.05, 0.1) is 9.96 Å². The number of hydrogen-bond acceptors (Lipinski definition) is 4. The van der Waals surface area contributed by atoms with E-state index in [0.29, 0.717) is 5.75 Å². The highest BCUT2D eigenvalue weighted by Gasteiger charge is 2.15. The van der Waals surface area contributed by atoms with Crippen LogP contribution in [0.15, 0.2) is 21.7 Å². The molecule has 5 heteroatoms. The molecule has 0 aliphatic carbocycles. The number of carbonyl (C=O) groups is 1. The lowest BCUT2D eigenvalue weighted by Crippen LogP contribution is -2.47. The lowest BCUT2D eigenvalue weighted by atomic mass is 10.3. The molecule has 0 aromatic carbocycles. The van der Waals surface area contributed by atoms with Gasteiger partial charge >= 0.3 is 0 Å². The maximum Gasteiger partial charge on any atom is 0.233 e. The zero-order valence-electron chi connectivity index (χ0n) is 8.44. The average Bonchev–Trinajstić information content (AvgIpc) is 2.80. The second-order valence-electron chi connectivity index (χ2n) is 3.35. The van der Waals surface area contributed by atoms with Gasteiger partial charge in [0, 0.05) is 26.2 Å². The van der Waals surface area contributed by atoms with Crippen LogP contribution in [-0.2, 0) is 4.79 Å². The third-order valence-corrected chi connectivity index (χ3v) is 4.42. The molecule has 2 heterocycles. The van der Waals surface area contributed by atoms with E-state index in [2.05, 4.69) is 11.4 Å². The Balaban J connectivity index is 1.76. The van der Waals surface area contributed by atoms with Crippen molar-refractivity contribution in [2.75, 3.05) is 31.9 Å². The highest BCUT2D eigenvalue weighted by molar-refractivity contribution is 8.01. The highest BCUT2D eigenvalue weighted by atomic mass is 32.2. The summed E-state index contributed by atoms with van der Waals surface area (Å²) in [6, 6.07) is 4.07. The fraction of sp³-hybridized carbons (Fsp3) is 0.500. The van der Waals surface area contributed by atoms with Crippen molar-refractivity contribution in [3.8, 4) is 0 Å². The Morgan fingerprint density at radius 3 is 3.00 bits per heavy atom. The number of nitrogens with one attached hydrogen (secondary N) is 1. The summed E-state index contributed by atoms with van der Waals surface area (Å²) >= 11 is 3.33. The van der Waals surface area contributed by atoms with E-state index in [4.69, 9.17) is 0 Å². The molecule has 1 aromatic rings. The molecule has 1 fully saturated rings. The van der Waals surface area contributed by atoms with Crippen LogP contribution < -0.4 is 5.32 Å². The molecule has 2 rings (SSSR count). The van der Waals surface area contributed by atoms with Gasteiger partial charge in [-0.05, 0) is 11.4 Å². The molecule has 15 heavy (non-hydrogen) atoms. The Bertz CT molecular complexity index is 307. The molecular formula is C10H14N2OS2. The van der Waals surface area contributed by atoms with Crippen molar-refractivity contribution in [1.29, 1.82) is 0 Å². The molecule has 3 nitrogen and oxygen atoms in total. The number of hydrogen-bond donors (Lipinski definition) is 1. The highest BCUT2D eigenvalue weighted by Crippen LogP contribution is 2.23. The van der Waals surface area contributed by atoms with E-state index in [-0.39, 0.29) is 5.91 Å². The zero-order chi connectivity index (χ0) is 10.5. The second kappa shape index (κ2) is 5.53. The predicted octanol–water partition coefficient (Wildman–Crippen LogP) is 1.27. The van der Waals surface area contributed by atoms with Gasteiger partial charge in [0.2, 0.25) is 5.91 Å². The SMILES string of the molecule is O=C(CSc1cccs1)N1CCNCC1. The van der Waals surface area contributed by atoms with Crippen molar-refractivity contribution in [3.05, 3.63) is 17.5 Å². The molecule has 1 N–H and O–H groups in total. The Kier molecular flexibility index (Phi) is 4.05. The molecular weight excluding hydrogens is 228 g/mol. The smallest absolute Gasteiger partial charge is 0.233 e. The molecule has 1 aromatic heterocycles. The Morgan fingerprint density at radius 2 is 2.33 bits per heavy atom. The van der Waals surface area contributed by atoms with Gasteiger partial charge < -0.3 is 10.2 Å². The molecule has 1 amide bonds. The lowest BCUT2D eigenvalue weighted by molar-refractivity contribution is -0.128. The van der Waals surface area contributed by atoms with Gasteiger partial charge in [-0.15, -0.1) is 23.1 Å². The maximum absolute atomic E-state index is 11.8. The van der Waals surface area contributed by atoms with Crippen LogP contribution in [0.1, 0.15) is 0 Å². The van der Waals surface area contributed by atoms with Gasteiger partial charge in [-0.25, -0.2) is 0 Å². The van der Waals surface area contributed by atoms with Gasteiger partial charge in [0.15, 0.2) is 0 Å². The summed E-state index contributed by atoms with van der Waals surface area (Å²) in [5.74, 6) is 0.829. The zero-order valence-corrected chi connectivity index (χ0v) is 10.1. The fourth-order valence-electron chi connectivity index (χ4n) is 1.48. The molecule has 0 radical (unpaired) electrons. The standard InChI is InChI=1S/C10H14N2OS2/c13-9(12-5-3-11-4-6-12)8-15-10-2-1-7-14-10/h1-2,7,11H,3-6,8H2. The third kappa shape index (κ3) is 3.22. The lowest BCUT2D eigenvalue weighted by Gasteiger charge is -2.27. The van der Waals surface area contributed by atoms with E-state index in [9.17, 15) is 4.79 Å². The number of piperazine rings is 1. The molecule has 1 aliphatic heterocycles. The van der Waals surface area contributed by atoms with Gasteiger partial charge in [0.25, 0.3) is 0 Å². The van der Waals surface area contributed by atoms with Crippen molar-refractivity contribution in [1.82, 2.24) is 10.2 Å². The van der Waals surface area contributed by atoms with Crippen LogP contribution in [-0.4, -0.2) is 42.7 Å². The first-order chi connectivity index (χ1) is 7.36. The summed E-state index contributed by atoms with van der Waals surface area (Å²) in [4.78, 5) is 13.7. The minimum Gasteiger partial charge on any atom is -0.339 e. The van der Waals surface area contributed by atoms with Crippen LogP contribution in [0.5, 0.6) is 0 Å². The first-order valence-corrected chi connectivity index (χ1v) is 6.87. The van der Waals surface area contributed by atoms with Gasteiger partial charge in [-0.2, -0.15) is 0 Å². The van der Waals surface area contributed by atoms with E-state index in [1.54, 1.807) is 23.1 Å². The Labute approximate surface area is 97.8 Å². The summed E-state index contributed by atoms with van der Waals surface area (Å²) in [7, 11) is 0. The van der Waals surface area contributed by atoms with Crippen LogP contribution in [0.25, 0.3) is 0 Å². The number of amides is 1. The molecule has 0 atom stereocenters. The van der Waals surface area contributed by atoms with Crippen LogP contribution in [0.3, 0.4) is 0 Å². The van der Waals surface area contributed by atoms with Crippen molar-refractivity contribution in [2.24, 2.45) is 0 Å². The molecule has 1 saturated heterocycles. The van der Waals surface area contributed by atoms with Crippen LogP contribution in [0.4, 0.5) is 0 Å². The van der Waals surface area contributed by atoms with E-state index in [1.165, 1.54) is 4.21 Å². The number of thioether (sulfide) groups is 1. The summed E-state index contributed by atoms with van der Waals surface area (Å²) in [5.41, 5.74) is 0. The molecule has 0 saturated carbocycles. The largest absolute Gasteiger partial charge is 0.339 e. The van der Waals surface area contributed by atoms with E-state index >= 15 is 0 Å². The van der Waals surface area contributed by atoms with Crippen LogP contribution in [0, 0.1) is 0 Å². The van der Waals surface area contributed by atoms with Gasteiger partial charge in [-0.3, -0.25) is 4.79 Å². The van der Waals surface area contributed by atoms with E-state index < -0.39 is 0 Å². The fourth-order valence-corrected chi connectivity index (χ4v) is 3.17. The Hall–Kier alpha value is -0.520. The summed E-state index contributed by atoms with van der Waals surface area (Å²) in [6.45, 7) is 3.55. The van der Waals surface area contributed by atoms with Crippen molar-refractivity contribution >= 4 is 29.0 Å². The van der Waals surface area contributed by atoms with E-state index in [0.717, 1.165) is 26.2 Å². The van der Waals surface area contributed by atoms with Crippen molar-refractivity contribution < 1.29 is 4.79 Å². The normalized spacial score (nSPS) is 16.7. The number of rotatable bonds is 3. The molecule has 1 aliphatic rings. The molecule has 0 spiro atoms. The summed E-state index contributed by atoms with van der Waals surface area (Å²) in [6.07, 6.45) is 0. The van der Waals surface area contributed by atoms with Gasteiger partial charge in [-0.1, -0.05) is 6.07 Å². The maximum atomic E-state index is 11.8. The minimum absolute atomic E-state index is 0.259. The topological polar surface area (TPSA) is 32.3 Å². The second-order valence-corrected chi connectivity index (χ2v) is 5.57. The number of nitrogens with zero attached hydrogens (tertiary/aromatic N) is 1. The molecule has 82 valence electrons. The first-order valence-electron chi connectivity index (χ1n) is 5.01. The number of carbonyl (C=O) groups excluding carboxylic acids is 1. The number of thiophene rings is 1. The average molecular weight is 242 g/mol. The summed E-state index contributed by atoms with van der Waals surface area (Å²) in [5, 5.41) is 5.28. The quantitative estimate of drug-likeness (QED) is 0.810. The molecule has 0 bridgehead atoms.